The summed E-state index contributed by atoms with van der Waals surface area (Å²) in [4.78, 5) is 12.0. The van der Waals surface area contributed by atoms with Gasteiger partial charge in [0.05, 0.1) is 4.90 Å². The zero-order chi connectivity index (χ0) is 15.3. The van der Waals surface area contributed by atoms with Crippen LogP contribution < -0.4 is 10.0 Å². The zero-order valence-corrected chi connectivity index (χ0v) is 12.4. The minimum Gasteiger partial charge on any atom is -0.296 e. The van der Waals surface area contributed by atoms with E-state index in [1.807, 2.05) is 0 Å². The Morgan fingerprint density at radius 2 is 2.05 bits per heavy atom. The van der Waals surface area contributed by atoms with Crippen molar-refractivity contribution in [1.29, 1.82) is 0 Å². The van der Waals surface area contributed by atoms with Gasteiger partial charge in [-0.05, 0) is 24.3 Å². The number of benzene rings is 1. The summed E-state index contributed by atoms with van der Waals surface area (Å²) < 4.78 is 26.1. The number of rotatable bonds is 6. The summed E-state index contributed by atoms with van der Waals surface area (Å²) in [6.07, 6.45) is 1.45. The second-order valence-corrected chi connectivity index (χ2v) is 6.46. The Kier molecular flexibility index (Phi) is 4.78. The molecule has 2 N–H and O–H groups in total. The molecule has 0 saturated carbocycles. The normalized spacial score (nSPS) is 11.0. The number of anilines is 1. The summed E-state index contributed by atoms with van der Waals surface area (Å²) in [6.45, 7) is 3.58. The molecule has 110 valence electrons. The summed E-state index contributed by atoms with van der Waals surface area (Å²) in [7, 11) is -3.59. The molecule has 2 aromatic rings. The van der Waals surface area contributed by atoms with Gasteiger partial charge in [-0.15, -0.1) is 16.8 Å². The van der Waals surface area contributed by atoms with Crippen LogP contribution in [0.3, 0.4) is 0 Å². The first-order chi connectivity index (χ1) is 10.0. The molecule has 1 heterocycles. The van der Waals surface area contributed by atoms with Crippen molar-refractivity contribution in [3.8, 4) is 0 Å². The summed E-state index contributed by atoms with van der Waals surface area (Å²) >= 11 is 1.19. The topological polar surface area (TPSA) is 101 Å². The number of amides is 1. The highest BCUT2D eigenvalue weighted by Crippen LogP contribution is 2.13. The van der Waals surface area contributed by atoms with Crippen LogP contribution in [0.2, 0.25) is 0 Å². The number of aromatic nitrogens is 2. The second-order valence-electron chi connectivity index (χ2n) is 3.86. The molecule has 0 unspecified atom stereocenters. The highest BCUT2D eigenvalue weighted by molar-refractivity contribution is 7.89. The maximum Gasteiger partial charge on any atom is 0.257 e. The van der Waals surface area contributed by atoms with Gasteiger partial charge in [-0.1, -0.05) is 17.4 Å². The standard InChI is InChI=1S/C12H12N4O3S2/c1-2-7-14-21(18,19)10-5-3-9(4-6-10)11(17)15-12-16-13-8-20-12/h2-6,8,14H,1,7H2,(H,15,16,17). The Bertz CT molecular complexity index is 724. The fourth-order valence-electron chi connectivity index (χ4n) is 1.43. The maximum atomic E-state index is 11.9. The van der Waals surface area contributed by atoms with Gasteiger partial charge in [0.2, 0.25) is 15.2 Å². The molecule has 0 aliphatic heterocycles. The van der Waals surface area contributed by atoms with Gasteiger partial charge in [-0.2, -0.15) is 0 Å². The maximum absolute atomic E-state index is 11.9. The lowest BCUT2D eigenvalue weighted by molar-refractivity contribution is 0.102. The first kappa shape index (κ1) is 15.3. The van der Waals surface area contributed by atoms with E-state index < -0.39 is 10.0 Å². The molecule has 2 rings (SSSR count). The average Bonchev–Trinajstić information content (AvgIpc) is 2.98. The minimum atomic E-state index is -3.59. The molecule has 1 amide bonds. The number of sulfonamides is 1. The van der Waals surface area contributed by atoms with Crippen molar-refractivity contribution in [3.63, 3.8) is 0 Å². The first-order valence-electron chi connectivity index (χ1n) is 5.81. The van der Waals surface area contributed by atoms with Gasteiger partial charge in [0.15, 0.2) is 0 Å². The summed E-state index contributed by atoms with van der Waals surface area (Å²) in [5.74, 6) is -0.380. The van der Waals surface area contributed by atoms with Crippen molar-refractivity contribution in [2.45, 2.75) is 4.90 Å². The van der Waals surface area contributed by atoms with Crippen LogP contribution in [-0.4, -0.2) is 31.1 Å². The molecule has 0 fully saturated rings. The van der Waals surface area contributed by atoms with Gasteiger partial charge in [-0.3, -0.25) is 10.1 Å². The molecule has 0 bridgehead atoms. The van der Waals surface area contributed by atoms with E-state index in [0.29, 0.717) is 10.7 Å². The van der Waals surface area contributed by atoms with E-state index in [1.54, 1.807) is 0 Å². The first-order valence-corrected chi connectivity index (χ1v) is 8.17. The van der Waals surface area contributed by atoms with Gasteiger partial charge >= 0.3 is 0 Å². The number of carbonyl (C=O) groups is 1. The van der Waals surface area contributed by atoms with Crippen molar-refractivity contribution in [2.75, 3.05) is 11.9 Å². The van der Waals surface area contributed by atoms with Crippen molar-refractivity contribution in [1.82, 2.24) is 14.9 Å². The predicted molar refractivity (Wildman–Crippen MR) is 79.7 cm³/mol. The van der Waals surface area contributed by atoms with Crippen LogP contribution in [0.15, 0.2) is 47.3 Å². The largest absolute Gasteiger partial charge is 0.296 e. The molecule has 9 heteroatoms. The van der Waals surface area contributed by atoms with Crippen molar-refractivity contribution >= 4 is 32.4 Å². The molecule has 0 radical (unpaired) electrons. The van der Waals surface area contributed by atoms with Crippen LogP contribution in [0.4, 0.5) is 5.13 Å². The van der Waals surface area contributed by atoms with E-state index >= 15 is 0 Å². The number of nitrogens with zero attached hydrogens (tertiary/aromatic N) is 2. The van der Waals surface area contributed by atoms with Crippen molar-refractivity contribution in [3.05, 3.63) is 48.0 Å². The third-order valence-corrected chi connectivity index (χ3v) is 4.47. The molecule has 1 aromatic heterocycles. The Morgan fingerprint density at radius 1 is 1.33 bits per heavy atom. The average molecular weight is 324 g/mol. The molecule has 1 aromatic carbocycles. The molecule has 0 saturated heterocycles. The lowest BCUT2D eigenvalue weighted by Gasteiger charge is -2.06. The predicted octanol–water partition coefficient (Wildman–Crippen LogP) is 1.25. The fourth-order valence-corrected chi connectivity index (χ4v) is 2.87. The summed E-state index contributed by atoms with van der Waals surface area (Å²) in [5, 5.41) is 10.2. The van der Waals surface area contributed by atoms with Crippen LogP contribution in [0.1, 0.15) is 10.4 Å². The van der Waals surface area contributed by atoms with Crippen molar-refractivity contribution < 1.29 is 13.2 Å². The van der Waals surface area contributed by atoms with E-state index in [9.17, 15) is 13.2 Å². The van der Waals surface area contributed by atoms with E-state index in [2.05, 4.69) is 26.8 Å². The lowest BCUT2D eigenvalue weighted by Crippen LogP contribution is -2.23. The highest BCUT2D eigenvalue weighted by Gasteiger charge is 2.14. The van der Waals surface area contributed by atoms with Crippen LogP contribution in [0.25, 0.3) is 0 Å². The summed E-state index contributed by atoms with van der Waals surface area (Å²) in [5.41, 5.74) is 1.82. The van der Waals surface area contributed by atoms with Crippen LogP contribution >= 0.6 is 11.3 Å². The van der Waals surface area contributed by atoms with E-state index in [4.69, 9.17) is 0 Å². The summed E-state index contributed by atoms with van der Waals surface area (Å²) in [6, 6.07) is 5.58. The van der Waals surface area contributed by atoms with Crippen molar-refractivity contribution in [2.24, 2.45) is 0 Å². The molecule has 0 aliphatic rings. The zero-order valence-electron chi connectivity index (χ0n) is 10.8. The Balaban J connectivity index is 2.11. The number of carbonyl (C=O) groups excluding carboxylic acids is 1. The monoisotopic (exact) mass is 324 g/mol. The van der Waals surface area contributed by atoms with E-state index in [-0.39, 0.29) is 17.3 Å². The molecule has 0 atom stereocenters. The molecule has 0 spiro atoms. The molecule has 7 nitrogen and oxygen atoms in total. The Hall–Kier alpha value is -2.10. The second kappa shape index (κ2) is 6.57. The smallest absolute Gasteiger partial charge is 0.257 e. The van der Waals surface area contributed by atoms with Gasteiger partial charge in [0, 0.05) is 12.1 Å². The Morgan fingerprint density at radius 3 is 2.62 bits per heavy atom. The molecular weight excluding hydrogens is 312 g/mol. The van der Waals surface area contributed by atoms with Gasteiger partial charge in [0.25, 0.3) is 5.91 Å². The fraction of sp³-hybridized carbons (Fsp3) is 0.0833. The van der Waals surface area contributed by atoms with Crippen LogP contribution in [0.5, 0.6) is 0 Å². The van der Waals surface area contributed by atoms with Gasteiger partial charge < -0.3 is 0 Å². The van der Waals surface area contributed by atoms with Crippen LogP contribution in [0, 0.1) is 0 Å². The molecular formula is C12H12N4O3S2. The van der Waals surface area contributed by atoms with E-state index in [1.165, 1.54) is 47.2 Å². The van der Waals surface area contributed by atoms with Gasteiger partial charge in [0.1, 0.15) is 5.51 Å². The molecule has 0 aliphatic carbocycles. The number of hydrogen-bond acceptors (Lipinski definition) is 6. The third kappa shape index (κ3) is 3.94. The van der Waals surface area contributed by atoms with E-state index in [0.717, 1.165) is 0 Å². The quantitative estimate of drug-likeness (QED) is 0.779. The third-order valence-electron chi connectivity index (χ3n) is 2.42. The highest BCUT2D eigenvalue weighted by atomic mass is 32.2. The Labute approximate surface area is 125 Å². The lowest BCUT2D eigenvalue weighted by atomic mass is 10.2. The minimum absolute atomic E-state index is 0.0804. The van der Waals surface area contributed by atoms with Gasteiger partial charge in [-0.25, -0.2) is 13.1 Å². The SMILES string of the molecule is C=CCNS(=O)(=O)c1ccc(C(=O)Nc2nncs2)cc1. The number of nitrogens with one attached hydrogen (secondary N) is 2. The molecule has 21 heavy (non-hydrogen) atoms. The van der Waals surface area contributed by atoms with Crippen LogP contribution in [-0.2, 0) is 10.0 Å². The number of hydrogen-bond donors (Lipinski definition) is 2.